The molecule has 216 valence electrons. The lowest BCUT2D eigenvalue weighted by atomic mass is 9.97. The van der Waals surface area contributed by atoms with Gasteiger partial charge in [0.25, 0.3) is 0 Å². The SMILES string of the molecule is CCCCOc1nc(N)c2[nH]c(=O)n(Cc3ccc(CN4CCC(COc5cccc(CC=O)c5)CC4)cc3)c2n1. The van der Waals surface area contributed by atoms with Crippen molar-refractivity contribution in [1.82, 2.24) is 24.4 Å². The zero-order chi connectivity index (χ0) is 28.6. The predicted molar refractivity (Wildman–Crippen MR) is 158 cm³/mol. The first-order valence-electron chi connectivity index (χ1n) is 14.4. The molecule has 4 aromatic rings. The highest BCUT2D eigenvalue weighted by atomic mass is 16.5. The zero-order valence-electron chi connectivity index (χ0n) is 23.6. The minimum Gasteiger partial charge on any atom is -0.493 e. The molecule has 1 aliphatic rings. The minimum atomic E-state index is -0.281. The van der Waals surface area contributed by atoms with E-state index in [0.29, 0.717) is 43.3 Å². The molecule has 0 unspecified atom stereocenters. The maximum absolute atomic E-state index is 12.7. The number of hydrogen-bond acceptors (Lipinski definition) is 8. The number of nitrogen functional groups attached to an aromatic ring is 1. The molecule has 3 heterocycles. The second-order valence-corrected chi connectivity index (χ2v) is 10.7. The van der Waals surface area contributed by atoms with Crippen LogP contribution in [0.3, 0.4) is 0 Å². The summed E-state index contributed by atoms with van der Waals surface area (Å²) in [7, 11) is 0. The van der Waals surface area contributed by atoms with E-state index >= 15 is 0 Å². The Balaban J connectivity index is 1.14. The number of ether oxygens (including phenoxy) is 2. The van der Waals surface area contributed by atoms with E-state index < -0.39 is 0 Å². The fourth-order valence-corrected chi connectivity index (χ4v) is 5.12. The predicted octanol–water partition coefficient (Wildman–Crippen LogP) is 3.96. The van der Waals surface area contributed by atoms with Crippen molar-refractivity contribution in [3.05, 3.63) is 75.7 Å². The van der Waals surface area contributed by atoms with Crippen LogP contribution in [-0.4, -0.2) is 57.0 Å². The van der Waals surface area contributed by atoms with Crippen molar-refractivity contribution >= 4 is 23.3 Å². The highest BCUT2D eigenvalue weighted by molar-refractivity contribution is 5.81. The summed E-state index contributed by atoms with van der Waals surface area (Å²) in [5.41, 5.74) is 9.87. The van der Waals surface area contributed by atoms with Gasteiger partial charge in [-0.25, -0.2) is 4.79 Å². The fraction of sp³-hybridized carbons (Fsp3) is 0.419. The summed E-state index contributed by atoms with van der Waals surface area (Å²) in [5, 5.41) is 0. The van der Waals surface area contributed by atoms with E-state index in [9.17, 15) is 9.59 Å². The second-order valence-electron chi connectivity index (χ2n) is 10.7. The third-order valence-corrected chi connectivity index (χ3v) is 7.54. The molecule has 5 rings (SSSR count). The van der Waals surface area contributed by atoms with Crippen molar-refractivity contribution in [3.63, 3.8) is 0 Å². The number of anilines is 1. The number of unbranched alkanes of at least 4 members (excludes halogenated alkanes) is 1. The van der Waals surface area contributed by atoms with E-state index in [1.54, 1.807) is 4.57 Å². The van der Waals surface area contributed by atoms with Gasteiger partial charge < -0.3 is 25.0 Å². The topological polar surface area (TPSA) is 128 Å². The Kier molecular flexibility index (Phi) is 9.30. The van der Waals surface area contributed by atoms with Gasteiger partial charge in [0, 0.05) is 13.0 Å². The van der Waals surface area contributed by atoms with Gasteiger partial charge in [-0.3, -0.25) is 9.47 Å². The van der Waals surface area contributed by atoms with Gasteiger partial charge in [-0.05, 0) is 67.1 Å². The highest BCUT2D eigenvalue weighted by Crippen LogP contribution is 2.23. The van der Waals surface area contributed by atoms with Crippen LogP contribution in [-0.2, 0) is 24.3 Å². The number of benzene rings is 2. The Morgan fingerprint density at radius 1 is 1.02 bits per heavy atom. The number of imidazole rings is 1. The lowest BCUT2D eigenvalue weighted by molar-refractivity contribution is -0.107. The number of carbonyl (C=O) groups is 1. The Morgan fingerprint density at radius 3 is 2.51 bits per heavy atom. The van der Waals surface area contributed by atoms with Crippen LogP contribution in [0, 0.1) is 5.92 Å². The number of aromatic amines is 1. The number of fused-ring (bicyclic) bond motifs is 1. The van der Waals surface area contributed by atoms with E-state index in [-0.39, 0.29) is 17.5 Å². The van der Waals surface area contributed by atoms with Gasteiger partial charge in [-0.2, -0.15) is 9.97 Å². The summed E-state index contributed by atoms with van der Waals surface area (Å²) < 4.78 is 13.2. The molecule has 1 fully saturated rings. The van der Waals surface area contributed by atoms with Crippen molar-refractivity contribution in [2.75, 3.05) is 32.0 Å². The molecule has 0 aliphatic carbocycles. The number of aromatic nitrogens is 4. The molecule has 1 saturated heterocycles. The summed E-state index contributed by atoms with van der Waals surface area (Å²) in [6.07, 6.45) is 5.39. The minimum absolute atomic E-state index is 0.186. The molecule has 0 saturated carbocycles. The summed E-state index contributed by atoms with van der Waals surface area (Å²) in [4.78, 5) is 37.4. The van der Waals surface area contributed by atoms with Crippen LogP contribution in [0.5, 0.6) is 11.8 Å². The molecular formula is C31H38N6O4. The Morgan fingerprint density at radius 2 is 1.78 bits per heavy atom. The van der Waals surface area contributed by atoms with Crippen molar-refractivity contribution in [2.45, 2.75) is 52.1 Å². The fourth-order valence-electron chi connectivity index (χ4n) is 5.12. The van der Waals surface area contributed by atoms with Gasteiger partial charge in [0.05, 0.1) is 19.8 Å². The number of aldehydes is 1. The molecule has 0 radical (unpaired) electrons. The normalized spacial score (nSPS) is 14.4. The standard InChI is InChI=1S/C31H38N6O4/c1-2-3-17-40-30-34-28(32)27-29(35-30)37(31(39)33-27)20-24-9-7-23(8-10-24)19-36-14-11-25(12-15-36)21-41-26-6-4-5-22(18-26)13-16-38/h4-10,16,18,25H,2-3,11-15,17,19-21H2,1H3,(H,33,39)(H2,32,34,35). The average molecular weight is 559 g/mol. The van der Waals surface area contributed by atoms with Crippen LogP contribution in [0.4, 0.5) is 5.82 Å². The van der Waals surface area contributed by atoms with E-state index in [4.69, 9.17) is 15.2 Å². The van der Waals surface area contributed by atoms with Crippen LogP contribution >= 0.6 is 0 Å². The first kappa shape index (κ1) is 28.4. The van der Waals surface area contributed by atoms with Gasteiger partial charge in [-0.15, -0.1) is 0 Å². The van der Waals surface area contributed by atoms with Crippen LogP contribution in [0.2, 0.25) is 0 Å². The van der Waals surface area contributed by atoms with Crippen molar-refractivity contribution < 1.29 is 14.3 Å². The third-order valence-electron chi connectivity index (χ3n) is 7.54. The average Bonchev–Trinajstić information content (AvgIpc) is 3.29. The Bertz CT molecular complexity index is 1510. The zero-order valence-corrected chi connectivity index (χ0v) is 23.6. The number of nitrogens with two attached hydrogens (primary N) is 1. The number of nitrogens with zero attached hydrogens (tertiary/aromatic N) is 4. The number of carbonyl (C=O) groups excluding carboxylic acids is 1. The van der Waals surface area contributed by atoms with Gasteiger partial charge in [0.2, 0.25) is 0 Å². The molecule has 2 aromatic carbocycles. The van der Waals surface area contributed by atoms with Gasteiger partial charge in [0.15, 0.2) is 11.5 Å². The molecule has 2 aromatic heterocycles. The molecule has 0 atom stereocenters. The maximum atomic E-state index is 12.7. The summed E-state index contributed by atoms with van der Waals surface area (Å²) in [6, 6.07) is 16.3. The van der Waals surface area contributed by atoms with Crippen LogP contribution < -0.4 is 20.9 Å². The summed E-state index contributed by atoms with van der Waals surface area (Å²) in [5.74, 6) is 1.55. The van der Waals surface area contributed by atoms with Crippen molar-refractivity contribution in [3.8, 4) is 11.8 Å². The number of hydrogen-bond donors (Lipinski definition) is 2. The Labute approximate surface area is 239 Å². The highest BCUT2D eigenvalue weighted by Gasteiger charge is 2.20. The number of likely N-dealkylation sites (tertiary alicyclic amines) is 1. The number of H-pyrrole nitrogens is 1. The van der Waals surface area contributed by atoms with E-state index in [1.807, 2.05) is 24.3 Å². The van der Waals surface area contributed by atoms with Gasteiger partial charge >= 0.3 is 11.7 Å². The monoisotopic (exact) mass is 558 g/mol. The maximum Gasteiger partial charge on any atom is 0.328 e. The lowest BCUT2D eigenvalue weighted by Crippen LogP contribution is -2.35. The molecule has 10 heteroatoms. The molecule has 0 spiro atoms. The molecule has 3 N–H and O–H groups in total. The number of piperidine rings is 1. The molecule has 1 aliphatic heterocycles. The number of nitrogens with one attached hydrogen (secondary N) is 1. The molecule has 0 bridgehead atoms. The van der Waals surface area contributed by atoms with Crippen LogP contribution in [0.1, 0.15) is 49.3 Å². The summed E-state index contributed by atoms with van der Waals surface area (Å²) in [6.45, 7) is 6.58. The van der Waals surface area contributed by atoms with E-state index in [0.717, 1.165) is 68.5 Å². The molecule has 10 nitrogen and oxygen atoms in total. The number of rotatable bonds is 13. The smallest absolute Gasteiger partial charge is 0.328 e. The largest absolute Gasteiger partial charge is 0.493 e. The van der Waals surface area contributed by atoms with E-state index in [1.165, 1.54) is 5.56 Å². The summed E-state index contributed by atoms with van der Waals surface area (Å²) >= 11 is 0. The van der Waals surface area contributed by atoms with Crippen LogP contribution in [0.25, 0.3) is 11.2 Å². The van der Waals surface area contributed by atoms with Gasteiger partial charge in [0.1, 0.15) is 17.6 Å². The molecule has 41 heavy (non-hydrogen) atoms. The quantitative estimate of drug-likeness (QED) is 0.186. The van der Waals surface area contributed by atoms with Crippen LogP contribution in [0.15, 0.2) is 53.3 Å². The third kappa shape index (κ3) is 7.32. The van der Waals surface area contributed by atoms with Crippen molar-refractivity contribution in [2.24, 2.45) is 5.92 Å². The molecular weight excluding hydrogens is 520 g/mol. The second kappa shape index (κ2) is 13.5. The molecule has 0 amide bonds. The Hall–Kier alpha value is -4.18. The first-order chi connectivity index (χ1) is 20.0. The van der Waals surface area contributed by atoms with Crippen molar-refractivity contribution in [1.29, 1.82) is 0 Å². The lowest BCUT2D eigenvalue weighted by Gasteiger charge is -2.32. The van der Waals surface area contributed by atoms with E-state index in [2.05, 4.69) is 51.0 Å². The first-order valence-corrected chi connectivity index (χ1v) is 14.4. The van der Waals surface area contributed by atoms with Gasteiger partial charge in [-0.1, -0.05) is 49.7 Å².